The molecule has 3 N–H and O–H groups in total. The first-order valence-corrected chi connectivity index (χ1v) is 7.85. The maximum Gasteiger partial charge on any atom is 0.0434 e. The maximum atomic E-state index is 9.06. The van der Waals surface area contributed by atoms with Gasteiger partial charge in [-0.15, -0.1) is 0 Å². The summed E-state index contributed by atoms with van der Waals surface area (Å²) in [6.07, 6.45) is 4.47. The highest BCUT2D eigenvalue weighted by molar-refractivity contribution is 5.28. The van der Waals surface area contributed by atoms with Crippen LogP contribution in [0.4, 0.5) is 0 Å². The smallest absolute Gasteiger partial charge is 0.0434 e. The summed E-state index contributed by atoms with van der Waals surface area (Å²) in [6.45, 7) is 5.83. The highest BCUT2D eigenvalue weighted by atomic mass is 16.3. The molecule has 3 nitrogen and oxygen atoms in total. The Kier molecular flexibility index (Phi) is 6.02. The molecule has 1 aromatic carbocycles. The second-order valence-electron chi connectivity index (χ2n) is 6.07. The SMILES string of the molecule is Cc1ccccc1C(N)CCN1CCCC(CCO)C1. The normalized spacial score (nSPS) is 21.9. The molecule has 0 aromatic heterocycles. The summed E-state index contributed by atoms with van der Waals surface area (Å²) in [6, 6.07) is 8.54. The van der Waals surface area contributed by atoms with Crippen LogP contribution >= 0.6 is 0 Å². The molecular weight excluding hydrogens is 248 g/mol. The second-order valence-corrected chi connectivity index (χ2v) is 6.07. The lowest BCUT2D eigenvalue weighted by atomic mass is 9.94. The topological polar surface area (TPSA) is 49.5 Å². The lowest BCUT2D eigenvalue weighted by molar-refractivity contribution is 0.144. The van der Waals surface area contributed by atoms with Crippen molar-refractivity contribution in [2.75, 3.05) is 26.2 Å². The fourth-order valence-corrected chi connectivity index (χ4v) is 3.25. The molecular formula is C17H28N2O. The predicted octanol–water partition coefficient (Wildman–Crippen LogP) is 2.48. The van der Waals surface area contributed by atoms with Crippen molar-refractivity contribution in [2.45, 2.75) is 38.6 Å². The number of rotatable bonds is 6. The zero-order valence-corrected chi connectivity index (χ0v) is 12.6. The molecule has 1 saturated heterocycles. The van der Waals surface area contributed by atoms with Gasteiger partial charge in [-0.2, -0.15) is 0 Å². The Morgan fingerprint density at radius 1 is 1.40 bits per heavy atom. The summed E-state index contributed by atoms with van der Waals surface area (Å²) in [5, 5.41) is 9.06. The van der Waals surface area contributed by atoms with Gasteiger partial charge in [-0.3, -0.25) is 0 Å². The fraction of sp³-hybridized carbons (Fsp3) is 0.647. The minimum absolute atomic E-state index is 0.134. The van der Waals surface area contributed by atoms with E-state index in [0.717, 1.165) is 25.9 Å². The Morgan fingerprint density at radius 3 is 2.95 bits per heavy atom. The molecule has 1 heterocycles. The van der Waals surface area contributed by atoms with E-state index in [1.807, 2.05) is 0 Å². The zero-order valence-electron chi connectivity index (χ0n) is 12.6. The van der Waals surface area contributed by atoms with Gasteiger partial charge in [0.05, 0.1) is 0 Å². The third-order valence-corrected chi connectivity index (χ3v) is 4.48. The number of hydrogen-bond acceptors (Lipinski definition) is 3. The number of nitrogens with zero attached hydrogens (tertiary/aromatic N) is 1. The Morgan fingerprint density at radius 2 is 2.20 bits per heavy atom. The third kappa shape index (κ3) is 4.30. The molecule has 1 aliphatic rings. The number of piperidine rings is 1. The van der Waals surface area contributed by atoms with Crippen LogP contribution in [0.3, 0.4) is 0 Å². The van der Waals surface area contributed by atoms with Gasteiger partial charge in [0.2, 0.25) is 0 Å². The van der Waals surface area contributed by atoms with Crippen LogP contribution in [0.25, 0.3) is 0 Å². The molecule has 1 aromatic rings. The molecule has 0 radical (unpaired) electrons. The molecule has 0 spiro atoms. The Balaban J connectivity index is 1.81. The van der Waals surface area contributed by atoms with Gasteiger partial charge < -0.3 is 15.7 Å². The van der Waals surface area contributed by atoms with Crippen molar-refractivity contribution < 1.29 is 5.11 Å². The lowest BCUT2D eigenvalue weighted by Crippen LogP contribution is -2.37. The second kappa shape index (κ2) is 7.77. The quantitative estimate of drug-likeness (QED) is 0.839. The summed E-state index contributed by atoms with van der Waals surface area (Å²) in [7, 11) is 0. The molecule has 0 aliphatic carbocycles. The molecule has 1 aliphatic heterocycles. The summed E-state index contributed by atoms with van der Waals surface area (Å²) in [4.78, 5) is 2.52. The molecule has 0 saturated carbocycles. The first kappa shape index (κ1) is 15.5. The molecule has 2 rings (SSSR count). The van der Waals surface area contributed by atoms with Gasteiger partial charge in [0, 0.05) is 19.2 Å². The monoisotopic (exact) mass is 276 g/mol. The number of nitrogens with two attached hydrogens (primary N) is 1. The summed E-state index contributed by atoms with van der Waals surface area (Å²) in [5.74, 6) is 0.670. The molecule has 0 amide bonds. The first-order chi connectivity index (χ1) is 9.70. The molecule has 2 unspecified atom stereocenters. The van der Waals surface area contributed by atoms with E-state index in [-0.39, 0.29) is 6.04 Å². The van der Waals surface area contributed by atoms with Crippen molar-refractivity contribution in [3.63, 3.8) is 0 Å². The van der Waals surface area contributed by atoms with Crippen LogP contribution in [0.15, 0.2) is 24.3 Å². The van der Waals surface area contributed by atoms with E-state index in [2.05, 4.69) is 36.1 Å². The molecule has 1 fully saturated rings. The van der Waals surface area contributed by atoms with Crippen molar-refractivity contribution >= 4 is 0 Å². The predicted molar refractivity (Wildman–Crippen MR) is 83.6 cm³/mol. The lowest BCUT2D eigenvalue weighted by Gasteiger charge is -2.33. The Labute approximate surface area is 122 Å². The van der Waals surface area contributed by atoms with Crippen LogP contribution in [-0.4, -0.2) is 36.2 Å². The van der Waals surface area contributed by atoms with Crippen LogP contribution < -0.4 is 5.73 Å². The molecule has 3 heteroatoms. The van der Waals surface area contributed by atoms with Crippen LogP contribution in [0.2, 0.25) is 0 Å². The number of aliphatic hydroxyl groups excluding tert-OH is 1. The highest BCUT2D eigenvalue weighted by Crippen LogP contribution is 2.22. The molecule has 2 atom stereocenters. The van der Waals surface area contributed by atoms with E-state index in [4.69, 9.17) is 10.8 Å². The van der Waals surface area contributed by atoms with Crippen molar-refractivity contribution in [1.29, 1.82) is 0 Å². The van der Waals surface area contributed by atoms with Crippen molar-refractivity contribution in [3.05, 3.63) is 35.4 Å². The minimum Gasteiger partial charge on any atom is -0.396 e. The Hall–Kier alpha value is -0.900. The van der Waals surface area contributed by atoms with Gasteiger partial charge in [-0.25, -0.2) is 0 Å². The molecule has 112 valence electrons. The largest absolute Gasteiger partial charge is 0.396 e. The summed E-state index contributed by atoms with van der Waals surface area (Å²) in [5.41, 5.74) is 8.90. The summed E-state index contributed by atoms with van der Waals surface area (Å²) >= 11 is 0. The first-order valence-electron chi connectivity index (χ1n) is 7.85. The van der Waals surface area contributed by atoms with Gasteiger partial charge in [0.15, 0.2) is 0 Å². The van der Waals surface area contributed by atoms with Crippen LogP contribution in [-0.2, 0) is 0 Å². The number of aryl methyl sites for hydroxylation is 1. The van der Waals surface area contributed by atoms with Gasteiger partial charge in [0.25, 0.3) is 0 Å². The average molecular weight is 276 g/mol. The van der Waals surface area contributed by atoms with Gasteiger partial charge in [0.1, 0.15) is 0 Å². The zero-order chi connectivity index (χ0) is 14.4. The van der Waals surface area contributed by atoms with Gasteiger partial charge in [-0.1, -0.05) is 24.3 Å². The number of aliphatic hydroxyl groups is 1. The average Bonchev–Trinajstić information content (AvgIpc) is 2.46. The van der Waals surface area contributed by atoms with E-state index in [9.17, 15) is 0 Å². The van der Waals surface area contributed by atoms with Crippen LogP contribution in [0.5, 0.6) is 0 Å². The van der Waals surface area contributed by atoms with Gasteiger partial charge >= 0.3 is 0 Å². The third-order valence-electron chi connectivity index (χ3n) is 4.48. The fourth-order valence-electron chi connectivity index (χ4n) is 3.25. The van der Waals surface area contributed by atoms with E-state index in [1.54, 1.807) is 0 Å². The standard InChI is InChI=1S/C17H28N2O/c1-14-5-2-3-7-16(14)17(18)8-11-19-10-4-6-15(13-19)9-12-20/h2-3,5,7,15,17,20H,4,6,8-13,18H2,1H3. The van der Waals surface area contributed by atoms with Crippen molar-refractivity contribution in [3.8, 4) is 0 Å². The van der Waals surface area contributed by atoms with E-state index in [1.165, 1.54) is 30.5 Å². The summed E-state index contributed by atoms with van der Waals surface area (Å²) < 4.78 is 0. The van der Waals surface area contributed by atoms with Crippen LogP contribution in [0.1, 0.15) is 42.9 Å². The van der Waals surface area contributed by atoms with E-state index in [0.29, 0.717) is 12.5 Å². The number of likely N-dealkylation sites (tertiary alicyclic amines) is 1. The minimum atomic E-state index is 0.134. The Bertz CT molecular complexity index is 406. The maximum absolute atomic E-state index is 9.06. The number of benzene rings is 1. The van der Waals surface area contributed by atoms with E-state index >= 15 is 0 Å². The molecule has 0 bridgehead atoms. The highest BCUT2D eigenvalue weighted by Gasteiger charge is 2.20. The number of hydrogen-bond donors (Lipinski definition) is 2. The van der Waals surface area contributed by atoms with Gasteiger partial charge in [-0.05, 0) is 62.7 Å². The van der Waals surface area contributed by atoms with E-state index < -0.39 is 0 Å². The van der Waals surface area contributed by atoms with Crippen molar-refractivity contribution in [1.82, 2.24) is 4.90 Å². The molecule has 20 heavy (non-hydrogen) atoms. The van der Waals surface area contributed by atoms with Crippen molar-refractivity contribution in [2.24, 2.45) is 11.7 Å². The van der Waals surface area contributed by atoms with Crippen LogP contribution in [0, 0.1) is 12.8 Å².